The van der Waals surface area contributed by atoms with Gasteiger partial charge in [0.15, 0.2) is 0 Å². The first-order chi connectivity index (χ1) is 13.4. The van der Waals surface area contributed by atoms with Crippen molar-refractivity contribution in [2.24, 2.45) is 0 Å². The number of methoxy groups -OCH3 is 2. The molecule has 1 aromatic heterocycles. The number of nitrogens with one attached hydrogen (secondary N) is 1. The van der Waals surface area contributed by atoms with Crippen molar-refractivity contribution in [3.05, 3.63) is 70.4 Å². The molecular formula is C21H18FNO4S. The third kappa shape index (κ3) is 3.89. The molecule has 0 unspecified atom stereocenters. The molecular weight excluding hydrogens is 381 g/mol. The van der Waals surface area contributed by atoms with Crippen molar-refractivity contribution in [2.75, 3.05) is 19.5 Å². The number of ether oxygens (including phenoxy) is 2. The van der Waals surface area contributed by atoms with E-state index in [-0.39, 0.29) is 17.3 Å². The number of thiophene rings is 1. The minimum absolute atomic E-state index is 0.243. The van der Waals surface area contributed by atoms with Gasteiger partial charge < -0.3 is 14.8 Å². The first-order valence-electron chi connectivity index (χ1n) is 8.37. The maximum absolute atomic E-state index is 13.3. The second kappa shape index (κ2) is 8.22. The first-order valence-corrected chi connectivity index (χ1v) is 9.19. The molecule has 1 N–H and O–H groups in total. The van der Waals surface area contributed by atoms with E-state index < -0.39 is 5.97 Å². The van der Waals surface area contributed by atoms with Gasteiger partial charge in [-0.3, -0.25) is 4.79 Å². The Balaban J connectivity index is 2.03. The lowest BCUT2D eigenvalue weighted by atomic mass is 10.0. The second-order valence-electron chi connectivity index (χ2n) is 5.92. The molecule has 0 aliphatic carbocycles. The van der Waals surface area contributed by atoms with Crippen LogP contribution in [0, 0.1) is 12.7 Å². The highest BCUT2D eigenvalue weighted by atomic mass is 32.1. The van der Waals surface area contributed by atoms with E-state index in [4.69, 9.17) is 9.47 Å². The van der Waals surface area contributed by atoms with E-state index in [1.807, 2.05) is 6.92 Å². The molecule has 7 heteroatoms. The van der Waals surface area contributed by atoms with Crippen molar-refractivity contribution >= 4 is 28.2 Å². The third-order valence-corrected chi connectivity index (χ3v) is 5.19. The topological polar surface area (TPSA) is 64.6 Å². The standard InChI is InChI=1S/C21H18FNO4S/c1-12-17(13-7-9-15(22)10-8-13)18(21(25)27-3)20(28-12)23-19(24)14-5-4-6-16(11-14)26-2/h4-11H,1-3H3,(H,23,24). The average molecular weight is 399 g/mol. The molecule has 28 heavy (non-hydrogen) atoms. The van der Waals surface area contributed by atoms with Gasteiger partial charge in [-0.1, -0.05) is 18.2 Å². The number of esters is 1. The van der Waals surface area contributed by atoms with E-state index in [1.54, 1.807) is 36.4 Å². The zero-order valence-corrected chi connectivity index (χ0v) is 16.4. The van der Waals surface area contributed by atoms with Gasteiger partial charge in [0.05, 0.1) is 14.2 Å². The van der Waals surface area contributed by atoms with E-state index in [0.717, 1.165) is 4.88 Å². The molecule has 0 spiro atoms. The minimum Gasteiger partial charge on any atom is -0.497 e. The van der Waals surface area contributed by atoms with Crippen LogP contribution in [0.2, 0.25) is 0 Å². The summed E-state index contributed by atoms with van der Waals surface area (Å²) in [5, 5.41) is 3.16. The van der Waals surface area contributed by atoms with Crippen molar-refractivity contribution < 1.29 is 23.5 Å². The van der Waals surface area contributed by atoms with Crippen molar-refractivity contribution in [1.29, 1.82) is 0 Å². The van der Waals surface area contributed by atoms with E-state index in [2.05, 4.69) is 5.32 Å². The molecule has 0 aliphatic heterocycles. The van der Waals surface area contributed by atoms with Gasteiger partial charge in [-0.15, -0.1) is 11.3 Å². The Bertz CT molecular complexity index is 1030. The smallest absolute Gasteiger partial charge is 0.341 e. The fraction of sp³-hybridized carbons (Fsp3) is 0.143. The maximum Gasteiger partial charge on any atom is 0.341 e. The fourth-order valence-corrected chi connectivity index (χ4v) is 3.89. The Morgan fingerprint density at radius 1 is 1.07 bits per heavy atom. The number of hydrogen-bond acceptors (Lipinski definition) is 5. The number of aryl methyl sites for hydroxylation is 1. The molecule has 3 rings (SSSR count). The SMILES string of the molecule is COC(=O)c1c(NC(=O)c2cccc(OC)c2)sc(C)c1-c1ccc(F)cc1. The summed E-state index contributed by atoms with van der Waals surface area (Å²) in [5.74, 6) is -0.779. The lowest BCUT2D eigenvalue weighted by molar-refractivity contribution is 0.0603. The molecule has 0 fully saturated rings. The zero-order chi connectivity index (χ0) is 20.3. The van der Waals surface area contributed by atoms with Gasteiger partial charge in [0.25, 0.3) is 5.91 Å². The lowest BCUT2D eigenvalue weighted by Gasteiger charge is -2.09. The summed E-state index contributed by atoms with van der Waals surface area (Å²) >= 11 is 1.26. The summed E-state index contributed by atoms with van der Waals surface area (Å²) in [6, 6.07) is 12.5. The van der Waals surface area contributed by atoms with Gasteiger partial charge in [0, 0.05) is 16.0 Å². The zero-order valence-electron chi connectivity index (χ0n) is 15.5. The number of carbonyl (C=O) groups is 2. The molecule has 0 bridgehead atoms. The summed E-state index contributed by atoms with van der Waals surface area (Å²) in [5.41, 5.74) is 1.91. The van der Waals surface area contributed by atoms with Crippen molar-refractivity contribution in [2.45, 2.75) is 6.92 Å². The average Bonchev–Trinajstić information content (AvgIpc) is 3.03. The summed E-state index contributed by atoms with van der Waals surface area (Å²) in [7, 11) is 2.79. The van der Waals surface area contributed by atoms with Crippen LogP contribution in [0.4, 0.5) is 9.39 Å². The number of carbonyl (C=O) groups excluding carboxylic acids is 2. The number of amides is 1. The Morgan fingerprint density at radius 3 is 2.43 bits per heavy atom. The molecule has 1 amide bonds. The highest BCUT2D eigenvalue weighted by Crippen LogP contribution is 2.40. The molecule has 3 aromatic rings. The number of benzene rings is 2. The van der Waals surface area contributed by atoms with Crippen molar-refractivity contribution in [3.63, 3.8) is 0 Å². The Hall–Kier alpha value is -3.19. The van der Waals surface area contributed by atoms with Crippen LogP contribution >= 0.6 is 11.3 Å². The van der Waals surface area contributed by atoms with Gasteiger partial charge >= 0.3 is 5.97 Å². The largest absolute Gasteiger partial charge is 0.497 e. The van der Waals surface area contributed by atoms with Crippen molar-refractivity contribution in [3.8, 4) is 16.9 Å². The van der Waals surface area contributed by atoms with E-state index >= 15 is 0 Å². The van der Waals surface area contributed by atoms with Gasteiger partial charge in [0.1, 0.15) is 22.1 Å². The Kier molecular flexibility index (Phi) is 5.75. The molecule has 0 saturated heterocycles. The van der Waals surface area contributed by atoms with Crippen LogP contribution in [0.5, 0.6) is 5.75 Å². The van der Waals surface area contributed by atoms with Crippen LogP contribution in [0.25, 0.3) is 11.1 Å². The monoisotopic (exact) mass is 399 g/mol. The molecule has 144 valence electrons. The van der Waals surface area contributed by atoms with Gasteiger partial charge in [-0.05, 0) is 42.8 Å². The normalized spacial score (nSPS) is 10.4. The number of halogens is 1. The summed E-state index contributed by atoms with van der Waals surface area (Å²) in [6.07, 6.45) is 0. The quantitative estimate of drug-likeness (QED) is 0.619. The van der Waals surface area contributed by atoms with Crippen LogP contribution in [0.3, 0.4) is 0 Å². The van der Waals surface area contributed by atoms with Gasteiger partial charge in [0.2, 0.25) is 0 Å². The highest BCUT2D eigenvalue weighted by molar-refractivity contribution is 7.17. The predicted molar refractivity (Wildman–Crippen MR) is 107 cm³/mol. The fourth-order valence-electron chi connectivity index (χ4n) is 2.83. The Labute approximate surface area is 165 Å². The van der Waals surface area contributed by atoms with E-state index in [9.17, 15) is 14.0 Å². The number of rotatable bonds is 5. The third-order valence-electron chi connectivity index (χ3n) is 4.17. The molecule has 0 atom stereocenters. The van der Waals surface area contributed by atoms with Crippen LogP contribution in [0.1, 0.15) is 25.6 Å². The molecule has 0 aliphatic rings. The van der Waals surface area contributed by atoms with Gasteiger partial charge in [-0.2, -0.15) is 0 Å². The summed E-state index contributed by atoms with van der Waals surface area (Å²) < 4.78 is 23.4. The van der Waals surface area contributed by atoms with Crippen LogP contribution in [0.15, 0.2) is 48.5 Å². The van der Waals surface area contributed by atoms with Gasteiger partial charge in [-0.25, -0.2) is 9.18 Å². The van der Waals surface area contributed by atoms with Crippen LogP contribution in [-0.2, 0) is 4.74 Å². The van der Waals surface area contributed by atoms with E-state index in [0.29, 0.717) is 27.4 Å². The molecule has 0 saturated carbocycles. The van der Waals surface area contributed by atoms with Crippen molar-refractivity contribution in [1.82, 2.24) is 0 Å². The lowest BCUT2D eigenvalue weighted by Crippen LogP contribution is -2.14. The minimum atomic E-state index is -0.579. The molecule has 1 heterocycles. The molecule has 0 radical (unpaired) electrons. The molecule has 2 aromatic carbocycles. The van der Waals surface area contributed by atoms with Crippen LogP contribution < -0.4 is 10.1 Å². The maximum atomic E-state index is 13.3. The molecule has 5 nitrogen and oxygen atoms in total. The highest BCUT2D eigenvalue weighted by Gasteiger charge is 2.25. The number of hydrogen-bond donors (Lipinski definition) is 1. The summed E-state index contributed by atoms with van der Waals surface area (Å²) in [6.45, 7) is 1.83. The number of anilines is 1. The first kappa shape index (κ1) is 19.6. The van der Waals surface area contributed by atoms with Crippen LogP contribution in [-0.4, -0.2) is 26.1 Å². The Morgan fingerprint density at radius 2 is 1.79 bits per heavy atom. The summed E-state index contributed by atoms with van der Waals surface area (Å²) in [4.78, 5) is 26.0. The van der Waals surface area contributed by atoms with E-state index in [1.165, 1.54) is 37.7 Å². The predicted octanol–water partition coefficient (Wildman–Crippen LogP) is 4.91. The second-order valence-corrected chi connectivity index (χ2v) is 7.15.